The van der Waals surface area contributed by atoms with Crippen LogP contribution in [0, 0.1) is 11.3 Å². The first-order chi connectivity index (χ1) is 10.4. The monoisotopic (exact) mass is 319 g/mol. The lowest BCUT2D eigenvalue weighted by Gasteiger charge is -2.69. The zero-order valence-electron chi connectivity index (χ0n) is 13.9. The molecule has 0 spiro atoms. The summed E-state index contributed by atoms with van der Waals surface area (Å²) in [6, 6.07) is 3.21. The average Bonchev–Trinajstić information content (AvgIpc) is 2.93. The first-order valence-corrected chi connectivity index (χ1v) is 9.26. The lowest BCUT2D eigenvalue weighted by atomic mass is 9.43. The highest BCUT2D eigenvalue weighted by molar-refractivity contribution is 7.10. The number of rotatable bonds is 2. The van der Waals surface area contributed by atoms with Gasteiger partial charge in [-0.3, -0.25) is 9.69 Å². The molecular weight excluding hydrogens is 294 g/mol. The van der Waals surface area contributed by atoms with E-state index >= 15 is 0 Å². The van der Waals surface area contributed by atoms with Gasteiger partial charge >= 0.3 is 5.97 Å². The Bertz CT molecular complexity index is 626. The molecule has 2 aliphatic carbocycles. The third-order valence-corrected chi connectivity index (χ3v) is 7.99. The van der Waals surface area contributed by atoms with Crippen molar-refractivity contribution in [1.29, 1.82) is 0 Å². The van der Waals surface area contributed by atoms with Crippen LogP contribution in [0.1, 0.15) is 44.1 Å². The van der Waals surface area contributed by atoms with Gasteiger partial charge in [0.05, 0.1) is 12.5 Å². The van der Waals surface area contributed by atoms with Crippen molar-refractivity contribution in [1.82, 2.24) is 4.90 Å². The molecule has 2 aliphatic heterocycles. The molecule has 1 aromatic rings. The molecule has 2 unspecified atom stereocenters. The number of piperidine rings is 2. The average molecular weight is 319 g/mol. The molecule has 0 N–H and O–H groups in total. The maximum atomic E-state index is 12.4. The van der Waals surface area contributed by atoms with Crippen molar-refractivity contribution in [3.63, 3.8) is 0 Å². The SMILES string of the molecule is CCOC(=O)C1C[C@]2(C)C3Cc4sccc4[C@]2(C)C[C@@H]1N3C. The van der Waals surface area contributed by atoms with E-state index in [0.29, 0.717) is 18.7 Å². The number of thiophene rings is 1. The maximum Gasteiger partial charge on any atom is 0.310 e. The Morgan fingerprint density at radius 2 is 2.23 bits per heavy atom. The minimum Gasteiger partial charge on any atom is -0.466 e. The topological polar surface area (TPSA) is 29.5 Å². The van der Waals surface area contributed by atoms with E-state index in [1.165, 1.54) is 0 Å². The summed E-state index contributed by atoms with van der Waals surface area (Å²) >= 11 is 1.91. The molecule has 4 aliphatic rings. The molecule has 4 bridgehead atoms. The highest BCUT2D eigenvalue weighted by Gasteiger charge is 2.66. The summed E-state index contributed by atoms with van der Waals surface area (Å²) in [5.74, 6) is 0.0525. The van der Waals surface area contributed by atoms with Crippen molar-refractivity contribution in [2.75, 3.05) is 13.7 Å². The van der Waals surface area contributed by atoms with Crippen LogP contribution < -0.4 is 0 Å². The lowest BCUT2D eigenvalue weighted by Crippen LogP contribution is -2.73. The third-order valence-electron chi connectivity index (χ3n) is 7.04. The second-order valence-electron chi connectivity index (χ2n) is 7.73. The molecule has 3 nitrogen and oxygen atoms in total. The van der Waals surface area contributed by atoms with E-state index in [1.54, 1.807) is 10.4 Å². The summed E-state index contributed by atoms with van der Waals surface area (Å²) in [7, 11) is 2.22. The van der Waals surface area contributed by atoms with Crippen LogP contribution in [0.15, 0.2) is 11.4 Å². The van der Waals surface area contributed by atoms with Crippen molar-refractivity contribution < 1.29 is 9.53 Å². The standard InChI is InChI=1S/C18H25NO2S/c1-5-21-16(20)11-9-18(3)15-8-14-12(6-7-22-14)17(18,2)10-13(11)19(15)4/h6-7,11,13,15H,5,8-10H2,1-4H3/t11?,13-,15?,17-,18+/m0/s1. The normalized spacial score (nSPS) is 43.0. The molecule has 1 saturated carbocycles. The van der Waals surface area contributed by atoms with E-state index < -0.39 is 0 Å². The fourth-order valence-electron chi connectivity index (χ4n) is 5.67. The number of esters is 1. The van der Waals surface area contributed by atoms with Crippen LogP contribution in [-0.4, -0.2) is 36.6 Å². The molecule has 0 radical (unpaired) electrons. The highest BCUT2D eigenvalue weighted by Crippen LogP contribution is 2.65. The Kier molecular flexibility index (Phi) is 3.06. The van der Waals surface area contributed by atoms with Crippen molar-refractivity contribution in [3.05, 3.63) is 21.9 Å². The minimum atomic E-state index is 0.0113. The smallest absolute Gasteiger partial charge is 0.310 e. The number of carbonyl (C=O) groups is 1. The van der Waals surface area contributed by atoms with E-state index in [0.717, 1.165) is 19.3 Å². The first kappa shape index (κ1) is 14.7. The van der Waals surface area contributed by atoms with Gasteiger partial charge in [-0.1, -0.05) is 13.8 Å². The molecule has 4 heteroatoms. The van der Waals surface area contributed by atoms with Crippen molar-refractivity contribution in [2.45, 2.75) is 57.5 Å². The molecule has 5 atom stereocenters. The zero-order valence-corrected chi connectivity index (χ0v) is 14.7. The second-order valence-corrected chi connectivity index (χ2v) is 8.73. The van der Waals surface area contributed by atoms with E-state index in [4.69, 9.17) is 4.74 Å². The molecule has 0 amide bonds. The van der Waals surface area contributed by atoms with Crippen LogP contribution in [-0.2, 0) is 21.4 Å². The van der Waals surface area contributed by atoms with Gasteiger partial charge in [-0.25, -0.2) is 0 Å². The quantitative estimate of drug-likeness (QED) is 0.784. The highest BCUT2D eigenvalue weighted by atomic mass is 32.1. The van der Waals surface area contributed by atoms with Gasteiger partial charge in [-0.2, -0.15) is 0 Å². The predicted molar refractivity (Wildman–Crippen MR) is 88.2 cm³/mol. The van der Waals surface area contributed by atoms with Crippen molar-refractivity contribution >= 4 is 17.3 Å². The Hall–Kier alpha value is -0.870. The van der Waals surface area contributed by atoms with Gasteiger partial charge in [0.2, 0.25) is 0 Å². The Morgan fingerprint density at radius 1 is 1.45 bits per heavy atom. The maximum absolute atomic E-state index is 12.4. The van der Waals surface area contributed by atoms with E-state index in [2.05, 4.69) is 37.2 Å². The molecule has 3 heterocycles. The van der Waals surface area contributed by atoms with Crippen LogP contribution in [0.5, 0.6) is 0 Å². The van der Waals surface area contributed by atoms with Gasteiger partial charge < -0.3 is 4.74 Å². The van der Waals surface area contributed by atoms with Crippen LogP contribution in [0.3, 0.4) is 0 Å². The summed E-state index contributed by atoms with van der Waals surface area (Å²) in [4.78, 5) is 16.5. The summed E-state index contributed by atoms with van der Waals surface area (Å²) in [5, 5.41) is 2.25. The van der Waals surface area contributed by atoms with Crippen molar-refractivity contribution in [3.8, 4) is 0 Å². The lowest BCUT2D eigenvalue weighted by molar-refractivity contribution is -0.180. The van der Waals surface area contributed by atoms with Crippen LogP contribution in [0.4, 0.5) is 0 Å². The summed E-state index contributed by atoms with van der Waals surface area (Å²) in [6.07, 6.45) is 3.18. The van der Waals surface area contributed by atoms with Gasteiger partial charge in [-0.15, -0.1) is 11.3 Å². The predicted octanol–water partition coefficient (Wildman–Crippen LogP) is 3.22. The fourth-order valence-corrected chi connectivity index (χ4v) is 6.71. The summed E-state index contributed by atoms with van der Waals surface area (Å²) < 4.78 is 5.37. The number of ether oxygens (including phenoxy) is 1. The molecule has 22 heavy (non-hydrogen) atoms. The summed E-state index contributed by atoms with van der Waals surface area (Å²) in [5.41, 5.74) is 1.91. The van der Waals surface area contributed by atoms with Crippen LogP contribution in [0.25, 0.3) is 0 Å². The fraction of sp³-hybridized carbons (Fsp3) is 0.722. The van der Waals surface area contributed by atoms with Crippen LogP contribution in [0.2, 0.25) is 0 Å². The number of hydrogen-bond acceptors (Lipinski definition) is 4. The number of likely N-dealkylation sites (N-methyl/N-ethyl adjacent to an activating group) is 1. The van der Waals surface area contributed by atoms with Gasteiger partial charge in [0.25, 0.3) is 0 Å². The van der Waals surface area contributed by atoms with Gasteiger partial charge in [-0.05, 0) is 55.7 Å². The minimum absolute atomic E-state index is 0.0113. The summed E-state index contributed by atoms with van der Waals surface area (Å²) in [6.45, 7) is 7.23. The Morgan fingerprint density at radius 3 is 2.95 bits per heavy atom. The van der Waals surface area contributed by atoms with E-state index in [-0.39, 0.29) is 22.7 Å². The van der Waals surface area contributed by atoms with E-state index in [1.807, 2.05) is 18.3 Å². The molecule has 120 valence electrons. The Labute approximate surface area is 136 Å². The molecule has 0 aromatic carbocycles. The van der Waals surface area contributed by atoms with E-state index in [9.17, 15) is 4.79 Å². The second kappa shape index (κ2) is 4.57. The van der Waals surface area contributed by atoms with Gasteiger partial charge in [0.1, 0.15) is 0 Å². The zero-order chi connectivity index (χ0) is 15.7. The molecule has 3 fully saturated rings. The van der Waals surface area contributed by atoms with Crippen LogP contribution >= 0.6 is 11.3 Å². The molecule has 5 rings (SSSR count). The number of carbonyl (C=O) groups excluding carboxylic acids is 1. The molecule has 2 saturated heterocycles. The number of fused-ring (bicyclic) bond motifs is 2. The first-order valence-electron chi connectivity index (χ1n) is 8.38. The van der Waals surface area contributed by atoms with Crippen molar-refractivity contribution in [2.24, 2.45) is 11.3 Å². The third kappa shape index (κ3) is 1.58. The number of nitrogens with zero attached hydrogens (tertiary/aromatic N) is 1. The largest absolute Gasteiger partial charge is 0.466 e. The van der Waals surface area contributed by atoms with Gasteiger partial charge in [0.15, 0.2) is 0 Å². The molecule has 1 aromatic heterocycles. The van der Waals surface area contributed by atoms with Gasteiger partial charge in [0, 0.05) is 22.4 Å². The molecular formula is C18H25NO2S. The Balaban J connectivity index is 1.79. The number of hydrogen-bond donors (Lipinski definition) is 0.